The summed E-state index contributed by atoms with van der Waals surface area (Å²) in [4.78, 5) is 5.40. The molecule has 3 aromatic rings. The van der Waals surface area contributed by atoms with Crippen LogP contribution in [0.2, 0.25) is 5.02 Å². The Balaban J connectivity index is 1.75. The van der Waals surface area contributed by atoms with Gasteiger partial charge >= 0.3 is 0 Å². The highest BCUT2D eigenvalue weighted by molar-refractivity contribution is 7.98. The van der Waals surface area contributed by atoms with Gasteiger partial charge in [0.05, 0.1) is 23.4 Å². The van der Waals surface area contributed by atoms with Gasteiger partial charge in [-0.05, 0) is 24.3 Å². The van der Waals surface area contributed by atoms with Gasteiger partial charge in [-0.25, -0.2) is 0 Å². The normalized spacial score (nSPS) is 10.6. The first-order chi connectivity index (χ1) is 10.8. The molecule has 0 unspecified atom stereocenters. The van der Waals surface area contributed by atoms with Crippen LogP contribution in [0.15, 0.2) is 57.9 Å². The molecule has 0 spiro atoms. The van der Waals surface area contributed by atoms with Crippen LogP contribution >= 0.6 is 23.4 Å². The number of nitrogens with zero attached hydrogens (tertiary/aromatic N) is 2. The van der Waals surface area contributed by atoms with Crippen LogP contribution in [0.25, 0.3) is 11.4 Å². The van der Waals surface area contributed by atoms with Gasteiger partial charge in [0.25, 0.3) is 0 Å². The summed E-state index contributed by atoms with van der Waals surface area (Å²) in [5.74, 6) is 2.35. The van der Waals surface area contributed by atoms with Crippen LogP contribution in [0.1, 0.15) is 5.89 Å². The zero-order chi connectivity index (χ0) is 15.4. The number of ether oxygens (including phenoxy) is 1. The van der Waals surface area contributed by atoms with Crippen LogP contribution < -0.4 is 4.74 Å². The lowest BCUT2D eigenvalue weighted by Gasteiger charge is -2.03. The van der Waals surface area contributed by atoms with Gasteiger partial charge in [0.2, 0.25) is 11.7 Å². The molecule has 0 aliphatic rings. The molecule has 0 aliphatic carbocycles. The Morgan fingerprint density at radius 3 is 2.73 bits per heavy atom. The molecule has 112 valence electrons. The van der Waals surface area contributed by atoms with Gasteiger partial charge in [-0.15, -0.1) is 11.8 Å². The molecule has 0 atom stereocenters. The Morgan fingerprint density at radius 2 is 1.91 bits per heavy atom. The molecular formula is C16H13ClN2O2S. The Hall–Kier alpha value is -1.98. The zero-order valence-electron chi connectivity index (χ0n) is 11.8. The van der Waals surface area contributed by atoms with Crippen molar-refractivity contribution in [2.45, 2.75) is 10.6 Å². The summed E-state index contributed by atoms with van der Waals surface area (Å²) in [6.45, 7) is 0. The number of methoxy groups -OCH3 is 1. The molecule has 3 rings (SSSR count). The predicted molar refractivity (Wildman–Crippen MR) is 87.3 cm³/mol. The Kier molecular flexibility index (Phi) is 4.65. The minimum absolute atomic E-state index is 0.521. The third kappa shape index (κ3) is 3.26. The van der Waals surface area contributed by atoms with Crippen LogP contribution in [-0.2, 0) is 5.75 Å². The molecular weight excluding hydrogens is 320 g/mol. The quantitative estimate of drug-likeness (QED) is 0.634. The molecule has 0 fully saturated rings. The van der Waals surface area contributed by atoms with Gasteiger partial charge in [0, 0.05) is 4.90 Å². The zero-order valence-corrected chi connectivity index (χ0v) is 13.4. The summed E-state index contributed by atoms with van der Waals surface area (Å²) >= 11 is 7.69. The minimum Gasteiger partial charge on any atom is -0.496 e. The topological polar surface area (TPSA) is 48.2 Å². The molecule has 22 heavy (non-hydrogen) atoms. The van der Waals surface area contributed by atoms with Gasteiger partial charge in [-0.3, -0.25) is 0 Å². The predicted octanol–water partition coefficient (Wildman–Crippen LogP) is 4.69. The first-order valence-corrected chi connectivity index (χ1v) is 7.97. The molecule has 0 saturated heterocycles. The fraction of sp³-hybridized carbons (Fsp3) is 0.125. The summed E-state index contributed by atoms with van der Waals surface area (Å²) in [5.41, 5.74) is 0.808. The summed E-state index contributed by atoms with van der Waals surface area (Å²) in [6, 6.07) is 15.2. The van der Waals surface area contributed by atoms with Crippen molar-refractivity contribution >= 4 is 23.4 Å². The Bertz CT molecular complexity index is 776. The lowest BCUT2D eigenvalue weighted by atomic mass is 10.2. The van der Waals surface area contributed by atoms with Crippen LogP contribution in [0.4, 0.5) is 0 Å². The van der Waals surface area contributed by atoms with E-state index in [4.69, 9.17) is 20.9 Å². The molecule has 0 bridgehead atoms. The second-order valence-electron chi connectivity index (χ2n) is 4.43. The number of para-hydroxylation sites is 1. The molecule has 2 aromatic carbocycles. The molecule has 4 nitrogen and oxygen atoms in total. The van der Waals surface area contributed by atoms with Gasteiger partial charge < -0.3 is 9.26 Å². The average molecular weight is 333 g/mol. The van der Waals surface area contributed by atoms with E-state index in [1.807, 2.05) is 48.5 Å². The fourth-order valence-electron chi connectivity index (χ4n) is 1.95. The molecule has 0 amide bonds. The van der Waals surface area contributed by atoms with Crippen molar-refractivity contribution < 1.29 is 9.26 Å². The van der Waals surface area contributed by atoms with Crippen molar-refractivity contribution in [2.24, 2.45) is 0 Å². The smallest absolute Gasteiger partial charge is 0.237 e. The van der Waals surface area contributed by atoms with E-state index >= 15 is 0 Å². The molecule has 0 radical (unpaired) electrons. The molecule has 6 heteroatoms. The van der Waals surface area contributed by atoms with E-state index < -0.39 is 0 Å². The first kappa shape index (κ1) is 14.9. The Labute approximate surface area is 137 Å². The third-order valence-corrected chi connectivity index (χ3v) is 4.50. The van der Waals surface area contributed by atoms with Gasteiger partial charge in [0.1, 0.15) is 5.75 Å². The van der Waals surface area contributed by atoms with E-state index in [-0.39, 0.29) is 0 Å². The molecule has 1 aromatic heterocycles. The lowest BCUT2D eigenvalue weighted by Crippen LogP contribution is -1.89. The number of hydrogen-bond acceptors (Lipinski definition) is 5. The van der Waals surface area contributed by atoms with Crippen molar-refractivity contribution in [3.05, 3.63) is 59.4 Å². The van der Waals surface area contributed by atoms with Crippen molar-refractivity contribution in [3.63, 3.8) is 0 Å². The van der Waals surface area contributed by atoms with Crippen molar-refractivity contribution in [1.82, 2.24) is 10.1 Å². The van der Waals surface area contributed by atoms with Crippen LogP contribution in [0, 0.1) is 0 Å². The molecule has 0 aliphatic heterocycles. The monoisotopic (exact) mass is 332 g/mol. The number of thioether (sulfide) groups is 1. The highest BCUT2D eigenvalue weighted by Gasteiger charge is 2.13. The third-order valence-electron chi connectivity index (χ3n) is 3.00. The van der Waals surface area contributed by atoms with Crippen LogP contribution in [0.3, 0.4) is 0 Å². The Morgan fingerprint density at radius 1 is 1.14 bits per heavy atom. The van der Waals surface area contributed by atoms with Gasteiger partial charge in [-0.2, -0.15) is 4.98 Å². The van der Waals surface area contributed by atoms with E-state index in [0.717, 1.165) is 15.5 Å². The highest BCUT2D eigenvalue weighted by atomic mass is 35.5. The first-order valence-electron chi connectivity index (χ1n) is 6.61. The number of halogens is 1. The van der Waals surface area contributed by atoms with E-state index in [1.165, 1.54) is 0 Å². The maximum Gasteiger partial charge on any atom is 0.237 e. The summed E-state index contributed by atoms with van der Waals surface area (Å²) in [5, 5.41) is 4.74. The highest BCUT2D eigenvalue weighted by Crippen LogP contribution is 2.31. The molecule has 1 heterocycles. The van der Waals surface area contributed by atoms with E-state index in [0.29, 0.717) is 23.2 Å². The largest absolute Gasteiger partial charge is 0.496 e. The van der Waals surface area contributed by atoms with Crippen molar-refractivity contribution in [2.75, 3.05) is 7.11 Å². The number of benzene rings is 2. The lowest BCUT2D eigenvalue weighted by molar-refractivity contribution is 0.390. The van der Waals surface area contributed by atoms with Crippen LogP contribution in [0.5, 0.6) is 5.75 Å². The second kappa shape index (κ2) is 6.85. The number of hydrogen-bond donors (Lipinski definition) is 0. The maximum absolute atomic E-state index is 6.13. The second-order valence-corrected chi connectivity index (χ2v) is 5.86. The van der Waals surface area contributed by atoms with Gasteiger partial charge in [-0.1, -0.05) is 41.0 Å². The van der Waals surface area contributed by atoms with Gasteiger partial charge in [0.15, 0.2) is 0 Å². The average Bonchev–Trinajstić information content (AvgIpc) is 3.03. The summed E-state index contributed by atoms with van der Waals surface area (Å²) in [6.07, 6.45) is 0. The van der Waals surface area contributed by atoms with Crippen molar-refractivity contribution in [3.8, 4) is 17.1 Å². The standard InChI is InChI=1S/C16H13ClN2O2S/c1-20-13-8-4-2-6-11(13)16-18-15(21-19-16)10-22-14-9-5-3-7-12(14)17/h2-9H,10H2,1H3. The van der Waals surface area contributed by atoms with E-state index in [1.54, 1.807) is 18.9 Å². The maximum atomic E-state index is 6.13. The van der Waals surface area contributed by atoms with Crippen molar-refractivity contribution in [1.29, 1.82) is 0 Å². The van der Waals surface area contributed by atoms with E-state index in [2.05, 4.69) is 10.1 Å². The number of rotatable bonds is 5. The molecule has 0 N–H and O–H groups in total. The number of aromatic nitrogens is 2. The summed E-state index contributed by atoms with van der Waals surface area (Å²) < 4.78 is 10.6. The summed E-state index contributed by atoms with van der Waals surface area (Å²) in [7, 11) is 1.62. The molecule has 0 saturated carbocycles. The minimum atomic E-state index is 0.521. The van der Waals surface area contributed by atoms with Crippen LogP contribution in [-0.4, -0.2) is 17.3 Å². The fourth-order valence-corrected chi connectivity index (χ4v) is 3.03. The van der Waals surface area contributed by atoms with E-state index in [9.17, 15) is 0 Å². The SMILES string of the molecule is COc1ccccc1-c1noc(CSc2ccccc2Cl)n1.